The molecule has 4 aliphatic rings. The molecule has 3 saturated heterocycles. The molecule has 9 amide bonds. The van der Waals surface area contributed by atoms with Crippen molar-refractivity contribution in [2.45, 2.75) is 95.4 Å². The van der Waals surface area contributed by atoms with Gasteiger partial charge in [-0.05, 0) is 78.4 Å². The smallest absolute Gasteiger partial charge is 0.356 e. The number of unbranched alkanes of at least 4 members (excludes halogenated alkanes) is 1. The summed E-state index contributed by atoms with van der Waals surface area (Å²) in [6.07, 6.45) is 1.68. The van der Waals surface area contributed by atoms with Crippen molar-refractivity contribution in [3.8, 4) is 11.8 Å². The maximum atomic E-state index is 14.9. The summed E-state index contributed by atoms with van der Waals surface area (Å²) in [5, 5.41) is 7.79. The second-order valence-electron chi connectivity index (χ2n) is 20.3. The summed E-state index contributed by atoms with van der Waals surface area (Å²) in [4.78, 5) is 145. The van der Waals surface area contributed by atoms with Crippen molar-refractivity contribution in [2.24, 2.45) is 5.41 Å². The van der Waals surface area contributed by atoms with Gasteiger partial charge in [-0.1, -0.05) is 69.0 Å². The Kier molecular flexibility index (Phi) is 16.1. The van der Waals surface area contributed by atoms with E-state index in [2.05, 4.69) is 27.8 Å². The van der Waals surface area contributed by atoms with Crippen LogP contribution in [0.25, 0.3) is 10.1 Å². The number of carbonyl (C=O) groups is 9. The van der Waals surface area contributed by atoms with Crippen LogP contribution in [-0.4, -0.2) is 140 Å². The van der Waals surface area contributed by atoms with E-state index < -0.39 is 102 Å². The van der Waals surface area contributed by atoms with E-state index in [1.807, 2.05) is 30.3 Å². The summed E-state index contributed by atoms with van der Waals surface area (Å²) in [5.41, 5.74) is -4.65. The van der Waals surface area contributed by atoms with Crippen LogP contribution in [0.3, 0.4) is 0 Å². The van der Waals surface area contributed by atoms with Crippen LogP contribution < -0.4 is 16.0 Å². The predicted molar refractivity (Wildman–Crippen MR) is 272 cm³/mol. The van der Waals surface area contributed by atoms with Gasteiger partial charge in [0.1, 0.15) is 24.5 Å². The van der Waals surface area contributed by atoms with Gasteiger partial charge in [0.05, 0.1) is 22.5 Å². The number of alkyl halides is 2. The van der Waals surface area contributed by atoms with E-state index in [1.54, 1.807) is 31.7 Å². The molecule has 1 unspecified atom stereocenters. The number of nitrogens with zero attached hydrogens (tertiary/aromatic N) is 4. The summed E-state index contributed by atoms with van der Waals surface area (Å²) >= 11 is 0.923. The van der Waals surface area contributed by atoms with E-state index in [1.165, 1.54) is 34.1 Å². The highest BCUT2D eigenvalue weighted by Gasteiger charge is 2.51. The zero-order valence-corrected chi connectivity index (χ0v) is 43.5. The van der Waals surface area contributed by atoms with Crippen molar-refractivity contribution in [2.75, 3.05) is 39.3 Å². The Morgan fingerprint density at radius 2 is 1.62 bits per heavy atom. The molecule has 76 heavy (non-hydrogen) atoms. The molecule has 23 heteroatoms. The molecule has 5 N–H and O–H groups in total. The Morgan fingerprint density at radius 1 is 0.882 bits per heavy atom. The molecule has 0 aliphatic carbocycles. The molecule has 1 aromatic heterocycles. The average Bonchev–Trinajstić information content (AvgIpc) is 3.94. The van der Waals surface area contributed by atoms with Gasteiger partial charge >= 0.3 is 13.3 Å². The van der Waals surface area contributed by atoms with Crippen LogP contribution in [0.2, 0.25) is 0 Å². The quantitative estimate of drug-likeness (QED) is 0.0409. The number of halogens is 2. The number of carbonyl (C=O) groups excluding carboxylic acids is 9. The summed E-state index contributed by atoms with van der Waals surface area (Å²) in [5.74, 6) is 0.551. The second-order valence-corrected chi connectivity index (χ2v) is 23.0. The molecule has 4 aromatic rings. The lowest BCUT2D eigenvalue weighted by Gasteiger charge is -2.45. The lowest BCUT2D eigenvalue weighted by molar-refractivity contribution is -0.155. The van der Waals surface area contributed by atoms with Crippen molar-refractivity contribution >= 4 is 82.2 Å². The van der Waals surface area contributed by atoms with Gasteiger partial charge in [0.15, 0.2) is 0 Å². The van der Waals surface area contributed by atoms with Gasteiger partial charge in [-0.15, -0.1) is 11.3 Å². The van der Waals surface area contributed by atoms with E-state index in [4.69, 9.17) is 0 Å². The molecule has 0 bridgehead atoms. The topological polar surface area (TPSA) is 260 Å². The van der Waals surface area contributed by atoms with Gasteiger partial charge < -0.3 is 35.1 Å². The Labute approximate surface area is 439 Å². The molecule has 0 saturated carbocycles. The molecule has 4 atom stereocenters. The van der Waals surface area contributed by atoms with Crippen molar-refractivity contribution in [1.29, 1.82) is 0 Å². The zero-order chi connectivity index (χ0) is 54.9. The molecule has 3 aromatic carbocycles. The van der Waals surface area contributed by atoms with Gasteiger partial charge in [0.25, 0.3) is 17.7 Å². The molecule has 19 nitrogen and oxygen atoms in total. The average molecular weight is 1080 g/mol. The lowest BCUT2D eigenvalue weighted by atomic mass is 9.85. The largest absolute Gasteiger partial charge is 0.399 e. The van der Waals surface area contributed by atoms with Gasteiger partial charge in [-0.3, -0.25) is 57.9 Å². The molecular weight excluding hydrogens is 1030 g/mol. The number of fused-ring (bicyclic) bond motifs is 2. The van der Waals surface area contributed by atoms with Gasteiger partial charge in [-0.25, -0.2) is 0 Å². The van der Waals surface area contributed by atoms with Crippen molar-refractivity contribution in [3.05, 3.63) is 105 Å². The van der Waals surface area contributed by atoms with Crippen LogP contribution in [0.4, 0.5) is 8.78 Å². The minimum Gasteiger partial charge on any atom is -0.356 e. The number of hydrogen-bond acceptors (Lipinski definition) is 11. The number of amides is 9. The second kappa shape index (κ2) is 22.2. The normalized spacial score (nSPS) is 19.6. The van der Waals surface area contributed by atoms with E-state index >= 15 is 0 Å². The minimum absolute atomic E-state index is 0.00308. The third kappa shape index (κ3) is 11.8. The number of nitrogens with one attached hydrogen (secondary N) is 3. The molecule has 5 heterocycles. The number of hydrogen-bond donors (Lipinski definition) is 5. The summed E-state index contributed by atoms with van der Waals surface area (Å²) < 4.78 is 41.1. The number of piperidine rings is 2. The lowest BCUT2D eigenvalue weighted by Crippen LogP contribution is -2.66. The first kappa shape index (κ1) is 55.1. The zero-order valence-electron chi connectivity index (χ0n) is 41.8. The third-order valence-electron chi connectivity index (χ3n) is 13.9. The van der Waals surface area contributed by atoms with Gasteiger partial charge in [0, 0.05) is 67.3 Å². The first-order chi connectivity index (χ1) is 35.9. The molecule has 400 valence electrons. The van der Waals surface area contributed by atoms with Crippen molar-refractivity contribution in [1.82, 2.24) is 35.6 Å². The van der Waals surface area contributed by atoms with Crippen molar-refractivity contribution in [3.63, 3.8) is 0 Å². The number of benzene rings is 3. The Bertz CT molecular complexity index is 3150. The fourth-order valence-electron chi connectivity index (χ4n) is 9.83. The van der Waals surface area contributed by atoms with Crippen LogP contribution >= 0.6 is 18.9 Å². The molecule has 3 fully saturated rings. The van der Waals surface area contributed by atoms with Crippen LogP contribution in [0.15, 0.2) is 72.8 Å². The first-order valence-corrected chi connectivity index (χ1v) is 27.2. The fourth-order valence-corrected chi connectivity index (χ4v) is 11.2. The van der Waals surface area contributed by atoms with E-state index in [9.17, 15) is 66.3 Å². The number of piperazine rings is 1. The van der Waals surface area contributed by atoms with E-state index in [-0.39, 0.29) is 66.3 Å². The standard InChI is InChI=1S/C53H56F2N7O12PS/c1-52(2,3)45(58-47(67)41-27-34-26-35(16-19-40(34)76-41)53(54,55)75(72,73)74)51(71)61-24-23-59(30-39(61)50(70)60-22-10-14-33(29-60)32-12-7-4-8-13-32)44(65)28-43(64)56-21-9-5-6-11-31-15-17-36-37(25-31)49(69)62(48(36)68)38-18-20-42(63)57-46(38)66/h4,7-8,12-13,15-17,19,25-27,33,38-39,45H,5,9-10,14,18,20-24,28-30H2,1-3H3,(H,56,64)(H,58,67)(H,57,63,66)(H2,72,73,74)/t33-,38?,39-,45+/m0/s1. The van der Waals surface area contributed by atoms with Gasteiger partial charge in [-0.2, -0.15) is 8.78 Å². The number of imide groups is 2. The maximum absolute atomic E-state index is 14.9. The third-order valence-corrected chi connectivity index (χ3v) is 16.0. The molecule has 4 aliphatic heterocycles. The molecular formula is C53H56F2N7O12PS. The van der Waals surface area contributed by atoms with Crippen LogP contribution in [0, 0.1) is 17.3 Å². The number of thiophene rings is 1. The highest BCUT2D eigenvalue weighted by molar-refractivity contribution is 7.52. The Balaban J connectivity index is 0.908. The van der Waals surface area contributed by atoms with Crippen LogP contribution in [0.1, 0.15) is 119 Å². The van der Waals surface area contributed by atoms with Crippen LogP contribution in [0.5, 0.6) is 0 Å². The summed E-state index contributed by atoms with van der Waals surface area (Å²) in [7, 11) is -5.87. The predicted octanol–water partition coefficient (Wildman–Crippen LogP) is 4.46. The molecule has 0 spiro atoms. The first-order valence-electron chi connectivity index (χ1n) is 24.7. The number of rotatable bonds is 13. The summed E-state index contributed by atoms with van der Waals surface area (Å²) in [6, 6.07) is 15.0. The van der Waals surface area contributed by atoms with Crippen LogP contribution in [-0.2, 0) is 39.0 Å². The number of likely N-dealkylation sites (tertiary alicyclic amines) is 1. The fraction of sp³-hybridized carbons (Fsp3) is 0.415. The highest BCUT2D eigenvalue weighted by atomic mass is 32.1. The minimum atomic E-state index is -5.87. The van der Waals surface area contributed by atoms with Crippen molar-refractivity contribution < 1.29 is 66.3 Å². The van der Waals surface area contributed by atoms with E-state index in [0.29, 0.717) is 42.6 Å². The highest BCUT2D eigenvalue weighted by Crippen LogP contribution is 2.59. The van der Waals surface area contributed by atoms with E-state index in [0.717, 1.165) is 40.4 Å². The SMILES string of the molecule is CC(C)(C)[C@H](NC(=O)c1cc2cc(C(F)(F)P(=O)(O)O)ccc2s1)C(=O)N1CCN(C(=O)CC(=O)NCCCC#Cc2ccc3c(c2)C(=O)N(C2CCC(=O)NC2=O)C3=O)C[C@H]1C(=O)N1CCC[C@H](c2ccccc2)C1. The molecule has 0 radical (unpaired) electrons. The summed E-state index contributed by atoms with van der Waals surface area (Å²) in [6.45, 7) is 5.68. The maximum Gasteiger partial charge on any atom is 0.399 e. The Morgan fingerprint density at radius 3 is 2.33 bits per heavy atom. The Hall–Kier alpha value is -7.18. The molecule has 8 rings (SSSR count). The van der Waals surface area contributed by atoms with Gasteiger partial charge in [0.2, 0.25) is 35.4 Å². The monoisotopic (exact) mass is 1080 g/mol.